The van der Waals surface area contributed by atoms with Crippen LogP contribution in [-0.2, 0) is 6.54 Å². The van der Waals surface area contributed by atoms with Crippen molar-refractivity contribution in [3.63, 3.8) is 0 Å². The van der Waals surface area contributed by atoms with Crippen LogP contribution in [0.5, 0.6) is 5.75 Å². The van der Waals surface area contributed by atoms with E-state index in [9.17, 15) is 19.1 Å². The fourth-order valence-electron chi connectivity index (χ4n) is 3.70. The van der Waals surface area contributed by atoms with Gasteiger partial charge in [-0.15, -0.1) is 0 Å². The molecule has 0 fully saturated rings. The zero-order chi connectivity index (χ0) is 24.0. The van der Waals surface area contributed by atoms with Crippen LogP contribution >= 0.6 is 23.4 Å². The Bertz CT molecular complexity index is 1680. The number of rotatable bonds is 4. The van der Waals surface area contributed by atoms with Gasteiger partial charge in [-0.25, -0.2) is 14.2 Å². The lowest BCUT2D eigenvalue weighted by molar-refractivity contribution is 0.446. The van der Waals surface area contributed by atoms with Crippen LogP contribution in [0.2, 0.25) is 5.02 Å². The standard InChI is InChI=1S/C25H16ClFN2O4S/c1-13-10-18-21-19(20(30)22(25(32)33-21)34-17-8-4-15(26)5-9-17)24(31)29(23(18)28-11-13)12-14-2-6-16(27)7-3-14/h2-11,30H,12H2,1H3. The molecule has 6 nitrogen and oxygen atoms in total. The third-order valence-corrected chi connectivity index (χ3v) is 6.63. The van der Waals surface area contributed by atoms with Crippen molar-refractivity contribution in [1.29, 1.82) is 0 Å². The van der Waals surface area contributed by atoms with Crippen molar-refractivity contribution in [3.05, 3.63) is 104 Å². The van der Waals surface area contributed by atoms with E-state index in [0.717, 1.165) is 17.3 Å². The Kier molecular flexibility index (Phi) is 5.63. The van der Waals surface area contributed by atoms with E-state index in [-0.39, 0.29) is 28.1 Å². The van der Waals surface area contributed by atoms with Crippen LogP contribution in [0.4, 0.5) is 4.39 Å². The molecule has 0 amide bonds. The molecule has 5 rings (SSSR count). The van der Waals surface area contributed by atoms with Crippen LogP contribution in [0.25, 0.3) is 22.0 Å². The van der Waals surface area contributed by atoms with Crippen molar-refractivity contribution in [2.45, 2.75) is 23.3 Å². The number of aryl methyl sites for hydroxylation is 1. The smallest absolute Gasteiger partial charge is 0.354 e. The summed E-state index contributed by atoms with van der Waals surface area (Å²) in [4.78, 5) is 31.3. The van der Waals surface area contributed by atoms with Crippen molar-refractivity contribution in [1.82, 2.24) is 9.55 Å². The maximum Gasteiger partial charge on any atom is 0.354 e. The third kappa shape index (κ3) is 3.95. The molecule has 1 N–H and O–H groups in total. The molecule has 5 aromatic rings. The average Bonchev–Trinajstić information content (AvgIpc) is 2.81. The van der Waals surface area contributed by atoms with E-state index >= 15 is 0 Å². The van der Waals surface area contributed by atoms with E-state index < -0.39 is 22.8 Å². The average molecular weight is 495 g/mol. The highest BCUT2D eigenvalue weighted by Crippen LogP contribution is 2.37. The molecule has 0 radical (unpaired) electrons. The molecule has 34 heavy (non-hydrogen) atoms. The van der Waals surface area contributed by atoms with E-state index in [0.29, 0.717) is 20.9 Å². The first kappa shape index (κ1) is 22.2. The minimum atomic E-state index is -0.775. The Morgan fingerprint density at radius 2 is 1.82 bits per heavy atom. The summed E-state index contributed by atoms with van der Waals surface area (Å²) < 4.78 is 20.3. The van der Waals surface area contributed by atoms with Gasteiger partial charge in [-0.05, 0) is 60.5 Å². The summed E-state index contributed by atoms with van der Waals surface area (Å²) in [6, 6.07) is 14.2. The maximum atomic E-state index is 13.6. The molecule has 0 aliphatic rings. The first-order chi connectivity index (χ1) is 16.3. The molecule has 2 aromatic carbocycles. The van der Waals surface area contributed by atoms with Gasteiger partial charge in [-0.3, -0.25) is 9.36 Å². The Balaban J connectivity index is 1.78. The number of pyridine rings is 2. The largest absolute Gasteiger partial charge is 0.505 e. The van der Waals surface area contributed by atoms with Crippen molar-refractivity contribution in [2.75, 3.05) is 0 Å². The summed E-state index contributed by atoms with van der Waals surface area (Å²) in [5.74, 6) is -0.857. The van der Waals surface area contributed by atoms with Gasteiger partial charge in [0.1, 0.15) is 21.7 Å². The van der Waals surface area contributed by atoms with E-state index in [2.05, 4.69) is 4.98 Å². The van der Waals surface area contributed by atoms with Crippen LogP contribution in [-0.4, -0.2) is 14.7 Å². The minimum absolute atomic E-state index is 0.0329. The number of halogens is 2. The molecule has 0 saturated heterocycles. The number of fused-ring (bicyclic) bond motifs is 3. The molecule has 0 aliphatic carbocycles. The Labute approximate surface area is 201 Å². The fraction of sp³-hybridized carbons (Fsp3) is 0.0800. The Morgan fingerprint density at radius 3 is 2.53 bits per heavy atom. The summed E-state index contributed by atoms with van der Waals surface area (Å²) in [5, 5.41) is 11.9. The summed E-state index contributed by atoms with van der Waals surface area (Å²) in [6.45, 7) is 1.90. The van der Waals surface area contributed by atoms with Crippen LogP contribution in [0.3, 0.4) is 0 Å². The van der Waals surface area contributed by atoms with Gasteiger partial charge in [-0.2, -0.15) is 0 Å². The molecule has 0 atom stereocenters. The fourth-order valence-corrected chi connectivity index (χ4v) is 4.66. The number of hydrogen-bond donors (Lipinski definition) is 1. The predicted molar refractivity (Wildman–Crippen MR) is 130 cm³/mol. The lowest BCUT2D eigenvalue weighted by atomic mass is 10.1. The van der Waals surface area contributed by atoms with Crippen molar-refractivity contribution < 1.29 is 13.9 Å². The Morgan fingerprint density at radius 1 is 1.12 bits per heavy atom. The third-order valence-electron chi connectivity index (χ3n) is 5.31. The second kappa shape index (κ2) is 8.62. The summed E-state index contributed by atoms with van der Waals surface area (Å²) >= 11 is 6.90. The molecule has 0 saturated carbocycles. The lowest BCUT2D eigenvalue weighted by Crippen LogP contribution is -2.23. The summed E-state index contributed by atoms with van der Waals surface area (Å²) in [5.41, 5.74) is 0.343. The highest BCUT2D eigenvalue weighted by atomic mass is 35.5. The molecular weight excluding hydrogens is 479 g/mol. The molecule has 0 bridgehead atoms. The summed E-state index contributed by atoms with van der Waals surface area (Å²) in [6.07, 6.45) is 1.59. The van der Waals surface area contributed by atoms with Crippen LogP contribution < -0.4 is 11.2 Å². The molecular formula is C25H16ClFN2O4S. The van der Waals surface area contributed by atoms with E-state index in [1.54, 1.807) is 48.7 Å². The predicted octanol–water partition coefficient (Wildman–Crippen LogP) is 5.51. The van der Waals surface area contributed by atoms with Crippen LogP contribution in [0.15, 0.2) is 84.6 Å². The van der Waals surface area contributed by atoms with Gasteiger partial charge < -0.3 is 9.52 Å². The molecule has 0 spiro atoms. The normalized spacial score (nSPS) is 11.4. The highest BCUT2D eigenvalue weighted by molar-refractivity contribution is 7.99. The SMILES string of the molecule is Cc1cnc2c(c1)c1oc(=O)c(Sc3ccc(Cl)cc3)c(O)c1c(=O)n2Cc1ccc(F)cc1. The number of nitrogens with zero attached hydrogens (tertiary/aromatic N) is 2. The van der Waals surface area contributed by atoms with E-state index in [1.807, 2.05) is 6.92 Å². The number of hydrogen-bond acceptors (Lipinski definition) is 6. The van der Waals surface area contributed by atoms with Crippen molar-refractivity contribution in [3.8, 4) is 5.75 Å². The highest BCUT2D eigenvalue weighted by Gasteiger charge is 2.23. The van der Waals surface area contributed by atoms with Crippen LogP contribution in [0.1, 0.15) is 11.1 Å². The zero-order valence-corrected chi connectivity index (χ0v) is 19.3. The van der Waals surface area contributed by atoms with Gasteiger partial charge in [0.05, 0.1) is 11.9 Å². The monoisotopic (exact) mass is 494 g/mol. The zero-order valence-electron chi connectivity index (χ0n) is 17.7. The van der Waals surface area contributed by atoms with Gasteiger partial charge in [0, 0.05) is 16.1 Å². The van der Waals surface area contributed by atoms with E-state index in [1.165, 1.54) is 16.7 Å². The first-order valence-electron chi connectivity index (χ1n) is 10.2. The molecule has 3 aromatic heterocycles. The second-order valence-electron chi connectivity index (χ2n) is 7.73. The van der Waals surface area contributed by atoms with Gasteiger partial charge in [0.25, 0.3) is 5.56 Å². The van der Waals surface area contributed by atoms with Crippen LogP contribution in [0, 0.1) is 12.7 Å². The molecule has 9 heteroatoms. The minimum Gasteiger partial charge on any atom is -0.505 e. The maximum absolute atomic E-state index is 13.6. The van der Waals surface area contributed by atoms with Crippen molar-refractivity contribution >= 4 is 45.4 Å². The second-order valence-corrected chi connectivity index (χ2v) is 9.25. The molecule has 0 aliphatic heterocycles. The number of benzene rings is 2. The molecule has 170 valence electrons. The topological polar surface area (TPSA) is 85.3 Å². The van der Waals surface area contributed by atoms with Gasteiger partial charge in [0.2, 0.25) is 0 Å². The quantitative estimate of drug-likeness (QED) is 0.332. The van der Waals surface area contributed by atoms with E-state index in [4.69, 9.17) is 16.0 Å². The molecule has 0 unspecified atom stereocenters. The number of aromatic nitrogens is 2. The molecule has 3 heterocycles. The van der Waals surface area contributed by atoms with Gasteiger partial charge in [0.15, 0.2) is 11.3 Å². The Hall–Kier alpha value is -3.62. The van der Waals surface area contributed by atoms with Gasteiger partial charge in [-0.1, -0.05) is 35.5 Å². The number of aromatic hydroxyl groups is 1. The van der Waals surface area contributed by atoms with Gasteiger partial charge >= 0.3 is 5.63 Å². The summed E-state index contributed by atoms with van der Waals surface area (Å²) in [7, 11) is 0. The van der Waals surface area contributed by atoms with Crippen molar-refractivity contribution in [2.24, 2.45) is 0 Å². The first-order valence-corrected chi connectivity index (χ1v) is 11.4. The lowest BCUT2D eigenvalue weighted by Gasteiger charge is -2.14.